The van der Waals surface area contributed by atoms with E-state index < -0.39 is 0 Å². The molecular formula is C16H18N6. The molecule has 0 N–H and O–H groups in total. The molecule has 1 aliphatic heterocycles. The molecule has 112 valence electrons. The van der Waals surface area contributed by atoms with Gasteiger partial charge in [0.15, 0.2) is 0 Å². The van der Waals surface area contributed by atoms with E-state index in [9.17, 15) is 0 Å². The number of fused-ring (bicyclic) bond motifs is 1. The van der Waals surface area contributed by atoms with E-state index in [1.807, 2.05) is 10.9 Å². The van der Waals surface area contributed by atoms with Gasteiger partial charge in [-0.3, -0.25) is 4.68 Å². The van der Waals surface area contributed by atoms with Crippen molar-refractivity contribution < 1.29 is 0 Å². The Morgan fingerprint density at radius 1 is 1.14 bits per heavy atom. The first-order valence-corrected chi connectivity index (χ1v) is 7.87. The van der Waals surface area contributed by atoms with Crippen molar-refractivity contribution >= 4 is 5.82 Å². The minimum absolute atomic E-state index is 0.332. The summed E-state index contributed by atoms with van der Waals surface area (Å²) in [5, 5.41) is 13.2. The molecule has 0 atom stereocenters. The first kappa shape index (κ1) is 13.3. The SMILES string of the molecule is N#Cc1cnn(C2CN(c3ncnc4c3CCCCC4)C2)c1. The molecule has 0 radical (unpaired) electrons. The molecule has 22 heavy (non-hydrogen) atoms. The molecular weight excluding hydrogens is 276 g/mol. The first-order chi connectivity index (χ1) is 10.8. The minimum Gasteiger partial charge on any atom is -0.352 e. The van der Waals surface area contributed by atoms with Crippen molar-refractivity contribution in [2.24, 2.45) is 0 Å². The molecule has 3 heterocycles. The Labute approximate surface area is 129 Å². The summed E-state index contributed by atoms with van der Waals surface area (Å²) in [5.74, 6) is 1.11. The number of anilines is 1. The summed E-state index contributed by atoms with van der Waals surface area (Å²) in [4.78, 5) is 11.3. The molecule has 0 bridgehead atoms. The first-order valence-electron chi connectivity index (χ1n) is 7.87. The summed E-state index contributed by atoms with van der Waals surface area (Å²) in [6.07, 6.45) is 11.1. The Morgan fingerprint density at radius 2 is 2.00 bits per heavy atom. The maximum absolute atomic E-state index is 8.88. The lowest BCUT2D eigenvalue weighted by Crippen LogP contribution is -2.48. The Kier molecular flexibility index (Phi) is 3.26. The second-order valence-corrected chi connectivity index (χ2v) is 6.06. The van der Waals surface area contributed by atoms with Gasteiger partial charge in [-0.15, -0.1) is 0 Å². The fourth-order valence-electron chi connectivity index (χ4n) is 3.34. The number of rotatable bonds is 2. The summed E-state index contributed by atoms with van der Waals surface area (Å²) in [7, 11) is 0. The van der Waals surface area contributed by atoms with E-state index in [1.165, 1.54) is 30.5 Å². The van der Waals surface area contributed by atoms with Crippen molar-refractivity contribution in [3.63, 3.8) is 0 Å². The van der Waals surface area contributed by atoms with E-state index in [0.29, 0.717) is 11.6 Å². The smallest absolute Gasteiger partial charge is 0.135 e. The van der Waals surface area contributed by atoms with Gasteiger partial charge in [0.1, 0.15) is 18.2 Å². The molecule has 0 aromatic carbocycles. The quantitative estimate of drug-likeness (QED) is 0.791. The van der Waals surface area contributed by atoms with Gasteiger partial charge in [-0.05, 0) is 25.7 Å². The summed E-state index contributed by atoms with van der Waals surface area (Å²) in [5.41, 5.74) is 3.20. The third-order valence-electron chi connectivity index (χ3n) is 4.62. The average molecular weight is 294 g/mol. The molecule has 6 heteroatoms. The molecule has 6 nitrogen and oxygen atoms in total. The van der Waals surface area contributed by atoms with E-state index in [1.54, 1.807) is 12.5 Å². The zero-order chi connectivity index (χ0) is 14.9. The lowest BCUT2D eigenvalue weighted by Gasteiger charge is -2.41. The molecule has 4 rings (SSSR count). The Bertz CT molecular complexity index is 722. The molecule has 0 saturated carbocycles. The van der Waals surface area contributed by atoms with Gasteiger partial charge in [-0.25, -0.2) is 9.97 Å². The van der Waals surface area contributed by atoms with Gasteiger partial charge in [0, 0.05) is 30.5 Å². The number of aromatic nitrogens is 4. The molecule has 0 unspecified atom stereocenters. The van der Waals surface area contributed by atoms with Crippen molar-refractivity contribution in [1.82, 2.24) is 19.7 Å². The topological polar surface area (TPSA) is 70.6 Å². The van der Waals surface area contributed by atoms with Crippen LogP contribution in [-0.4, -0.2) is 32.8 Å². The van der Waals surface area contributed by atoms with Crippen molar-refractivity contribution in [1.29, 1.82) is 5.26 Å². The largest absolute Gasteiger partial charge is 0.352 e. The normalized spacial score (nSPS) is 18.2. The maximum Gasteiger partial charge on any atom is 0.135 e. The van der Waals surface area contributed by atoms with Gasteiger partial charge in [0.25, 0.3) is 0 Å². The Hall–Kier alpha value is -2.42. The van der Waals surface area contributed by atoms with Gasteiger partial charge in [-0.1, -0.05) is 6.42 Å². The average Bonchev–Trinajstić information content (AvgIpc) is 2.82. The zero-order valence-corrected chi connectivity index (χ0v) is 12.4. The maximum atomic E-state index is 8.88. The number of aryl methyl sites for hydroxylation is 1. The number of hydrogen-bond donors (Lipinski definition) is 0. The monoisotopic (exact) mass is 294 g/mol. The highest BCUT2D eigenvalue weighted by atomic mass is 15.4. The fraction of sp³-hybridized carbons (Fsp3) is 0.500. The van der Waals surface area contributed by atoms with Gasteiger partial charge in [0.2, 0.25) is 0 Å². The third-order valence-corrected chi connectivity index (χ3v) is 4.62. The Balaban J connectivity index is 1.52. The van der Waals surface area contributed by atoms with Gasteiger partial charge in [0.05, 0.1) is 17.8 Å². The van der Waals surface area contributed by atoms with E-state index in [4.69, 9.17) is 5.26 Å². The molecule has 2 aromatic heterocycles. The van der Waals surface area contributed by atoms with Crippen LogP contribution in [0.3, 0.4) is 0 Å². The van der Waals surface area contributed by atoms with Crippen molar-refractivity contribution in [2.75, 3.05) is 18.0 Å². The third kappa shape index (κ3) is 2.23. The highest BCUT2D eigenvalue weighted by molar-refractivity contribution is 5.51. The molecule has 2 aliphatic rings. The van der Waals surface area contributed by atoms with Crippen LogP contribution in [-0.2, 0) is 12.8 Å². The lowest BCUT2D eigenvalue weighted by atomic mass is 10.0. The van der Waals surface area contributed by atoms with Crippen LogP contribution < -0.4 is 4.90 Å². The lowest BCUT2D eigenvalue weighted by molar-refractivity contribution is 0.365. The fourth-order valence-corrected chi connectivity index (χ4v) is 3.34. The molecule has 1 aliphatic carbocycles. The molecule has 0 amide bonds. The van der Waals surface area contributed by atoms with Crippen LogP contribution in [0.15, 0.2) is 18.7 Å². The molecule has 1 fully saturated rings. The second kappa shape index (κ2) is 5.41. The number of hydrogen-bond acceptors (Lipinski definition) is 5. The van der Waals surface area contributed by atoms with Crippen LogP contribution >= 0.6 is 0 Å². The van der Waals surface area contributed by atoms with E-state index in [-0.39, 0.29) is 0 Å². The van der Waals surface area contributed by atoms with Crippen molar-refractivity contribution in [3.8, 4) is 6.07 Å². The summed E-state index contributed by atoms with van der Waals surface area (Å²) < 4.78 is 1.90. The summed E-state index contributed by atoms with van der Waals surface area (Å²) in [6.45, 7) is 1.80. The zero-order valence-electron chi connectivity index (χ0n) is 12.4. The van der Waals surface area contributed by atoms with Crippen LogP contribution in [0.25, 0.3) is 0 Å². The number of nitrogens with zero attached hydrogens (tertiary/aromatic N) is 6. The van der Waals surface area contributed by atoms with E-state index in [0.717, 1.165) is 31.7 Å². The highest BCUT2D eigenvalue weighted by Gasteiger charge is 2.32. The van der Waals surface area contributed by atoms with Crippen molar-refractivity contribution in [3.05, 3.63) is 35.5 Å². The van der Waals surface area contributed by atoms with Gasteiger partial charge in [-0.2, -0.15) is 10.4 Å². The predicted molar refractivity (Wildman–Crippen MR) is 81.5 cm³/mol. The minimum atomic E-state index is 0.332. The highest BCUT2D eigenvalue weighted by Crippen LogP contribution is 2.32. The van der Waals surface area contributed by atoms with E-state index >= 15 is 0 Å². The van der Waals surface area contributed by atoms with Crippen molar-refractivity contribution in [2.45, 2.75) is 38.1 Å². The van der Waals surface area contributed by atoms with Crippen LogP contribution in [0.5, 0.6) is 0 Å². The molecule has 0 spiro atoms. The van der Waals surface area contributed by atoms with Gasteiger partial charge < -0.3 is 4.90 Å². The summed E-state index contributed by atoms with van der Waals surface area (Å²) in [6, 6.07) is 2.46. The standard InChI is InChI=1S/C16H18N6/c17-6-12-7-20-22(8-12)13-9-21(10-13)16-14-4-2-1-3-5-15(14)18-11-19-16/h7-8,11,13H,1-5,9-10H2. The second-order valence-electron chi connectivity index (χ2n) is 6.06. The predicted octanol–water partition coefficient (Wildman–Crippen LogP) is 1.87. The van der Waals surface area contributed by atoms with Crippen LogP contribution in [0.1, 0.15) is 42.1 Å². The van der Waals surface area contributed by atoms with Crippen LogP contribution in [0.4, 0.5) is 5.82 Å². The molecule has 1 saturated heterocycles. The Morgan fingerprint density at radius 3 is 2.82 bits per heavy atom. The van der Waals surface area contributed by atoms with E-state index in [2.05, 4.69) is 26.0 Å². The van der Waals surface area contributed by atoms with Gasteiger partial charge >= 0.3 is 0 Å². The van der Waals surface area contributed by atoms with Crippen LogP contribution in [0, 0.1) is 11.3 Å². The van der Waals surface area contributed by atoms with Crippen LogP contribution in [0.2, 0.25) is 0 Å². The summed E-state index contributed by atoms with van der Waals surface area (Å²) >= 11 is 0. The molecule has 2 aromatic rings. The number of nitriles is 1.